The zero-order chi connectivity index (χ0) is 12.6. The first-order valence-corrected chi connectivity index (χ1v) is 5.98. The van der Waals surface area contributed by atoms with Crippen LogP contribution in [-0.4, -0.2) is 48.2 Å². The molecule has 5 nitrogen and oxygen atoms in total. The summed E-state index contributed by atoms with van der Waals surface area (Å²) in [7, 11) is 0. The van der Waals surface area contributed by atoms with Crippen molar-refractivity contribution in [2.24, 2.45) is 5.92 Å². The summed E-state index contributed by atoms with van der Waals surface area (Å²) in [5.74, 6) is -0.0724. The molecule has 96 valence electrons. The minimum absolute atomic E-state index is 0.0360. The zero-order valence-electron chi connectivity index (χ0n) is 10.6. The number of ether oxygens (including phenoxy) is 2. The molecule has 2 unspecified atom stereocenters. The van der Waals surface area contributed by atoms with Crippen molar-refractivity contribution in [3.05, 3.63) is 0 Å². The van der Waals surface area contributed by atoms with Gasteiger partial charge in [0.15, 0.2) is 5.78 Å². The van der Waals surface area contributed by atoms with Crippen molar-refractivity contribution in [3.63, 3.8) is 0 Å². The molecule has 0 radical (unpaired) electrons. The average molecular weight is 241 g/mol. The first-order chi connectivity index (χ1) is 7.88. The molecule has 2 atom stereocenters. The summed E-state index contributed by atoms with van der Waals surface area (Å²) < 4.78 is 10.6. The Morgan fingerprint density at radius 2 is 2.18 bits per heavy atom. The molecular formula is C12H19NO4. The lowest BCUT2D eigenvalue weighted by Crippen LogP contribution is -2.44. The number of nitrogens with zero attached hydrogens (tertiary/aromatic N) is 1. The normalized spacial score (nSPS) is 29.1. The van der Waals surface area contributed by atoms with Gasteiger partial charge in [-0.15, -0.1) is 0 Å². The summed E-state index contributed by atoms with van der Waals surface area (Å²) in [5, 5.41) is 0. The predicted molar refractivity (Wildman–Crippen MR) is 60.7 cm³/mol. The van der Waals surface area contributed by atoms with Gasteiger partial charge in [-0.25, -0.2) is 4.79 Å². The molecule has 2 heterocycles. The fourth-order valence-electron chi connectivity index (χ4n) is 2.33. The van der Waals surface area contributed by atoms with Crippen molar-refractivity contribution < 1.29 is 19.1 Å². The van der Waals surface area contributed by atoms with Gasteiger partial charge in [0.05, 0.1) is 19.1 Å². The second-order valence-corrected chi connectivity index (χ2v) is 5.61. The Bertz CT molecular complexity index is 334. The molecule has 2 rings (SSSR count). The van der Waals surface area contributed by atoms with Crippen LogP contribution < -0.4 is 0 Å². The highest BCUT2D eigenvalue weighted by Crippen LogP contribution is 2.29. The highest BCUT2D eigenvalue weighted by Gasteiger charge is 2.45. The van der Waals surface area contributed by atoms with Crippen LogP contribution in [-0.2, 0) is 14.3 Å². The third-order valence-corrected chi connectivity index (χ3v) is 3.09. The van der Waals surface area contributed by atoms with E-state index in [1.165, 1.54) is 0 Å². The van der Waals surface area contributed by atoms with Gasteiger partial charge in [0.25, 0.3) is 0 Å². The Labute approximate surface area is 101 Å². The highest BCUT2D eigenvalue weighted by molar-refractivity contribution is 5.90. The highest BCUT2D eigenvalue weighted by atomic mass is 16.6. The minimum atomic E-state index is -0.524. The fraction of sp³-hybridized carbons (Fsp3) is 0.833. The molecule has 2 aliphatic heterocycles. The number of likely N-dealkylation sites (tertiary alicyclic amines) is 1. The monoisotopic (exact) mass is 241 g/mol. The van der Waals surface area contributed by atoms with E-state index in [0.29, 0.717) is 13.2 Å². The van der Waals surface area contributed by atoms with Crippen LogP contribution in [0.2, 0.25) is 0 Å². The topological polar surface area (TPSA) is 55.8 Å². The Balaban J connectivity index is 2.06. The van der Waals surface area contributed by atoms with Crippen molar-refractivity contribution in [2.45, 2.75) is 38.8 Å². The van der Waals surface area contributed by atoms with Crippen LogP contribution in [0.1, 0.15) is 27.2 Å². The fourth-order valence-corrected chi connectivity index (χ4v) is 2.33. The lowest BCUT2D eigenvalue weighted by atomic mass is 9.96. The first kappa shape index (κ1) is 12.4. The van der Waals surface area contributed by atoms with Crippen LogP contribution in [0.25, 0.3) is 0 Å². The van der Waals surface area contributed by atoms with Crippen molar-refractivity contribution in [1.82, 2.24) is 4.90 Å². The van der Waals surface area contributed by atoms with Crippen LogP contribution in [0, 0.1) is 5.92 Å². The lowest BCUT2D eigenvalue weighted by molar-refractivity contribution is -0.122. The summed E-state index contributed by atoms with van der Waals surface area (Å²) in [6, 6.07) is -0.0360. The van der Waals surface area contributed by atoms with E-state index in [-0.39, 0.29) is 30.4 Å². The first-order valence-electron chi connectivity index (χ1n) is 5.98. The minimum Gasteiger partial charge on any atom is -0.444 e. The number of carbonyl (C=O) groups excluding carboxylic acids is 2. The number of Topliss-reactive ketones (excluding diaryl/α,β-unsaturated/α-hetero) is 1. The second-order valence-electron chi connectivity index (χ2n) is 5.61. The van der Waals surface area contributed by atoms with Crippen LogP contribution in [0.5, 0.6) is 0 Å². The van der Waals surface area contributed by atoms with E-state index in [1.54, 1.807) is 4.90 Å². The molecule has 0 aromatic heterocycles. The molecule has 0 N–H and O–H groups in total. The van der Waals surface area contributed by atoms with Gasteiger partial charge in [-0.05, 0) is 27.2 Å². The third-order valence-electron chi connectivity index (χ3n) is 3.09. The molecule has 0 aromatic rings. The van der Waals surface area contributed by atoms with Crippen LogP contribution in [0.4, 0.5) is 4.79 Å². The molecule has 0 spiro atoms. The van der Waals surface area contributed by atoms with Crippen LogP contribution in [0.15, 0.2) is 0 Å². The SMILES string of the molecule is CC(C)(C)OC(=O)N1CC(=O)C2COCCC21. The smallest absolute Gasteiger partial charge is 0.410 e. The summed E-state index contributed by atoms with van der Waals surface area (Å²) >= 11 is 0. The molecule has 0 bridgehead atoms. The molecule has 0 aromatic carbocycles. The van der Waals surface area contributed by atoms with Crippen molar-refractivity contribution in [1.29, 1.82) is 0 Å². The Morgan fingerprint density at radius 1 is 1.47 bits per heavy atom. The van der Waals surface area contributed by atoms with Gasteiger partial charge in [-0.2, -0.15) is 0 Å². The number of amides is 1. The maximum Gasteiger partial charge on any atom is 0.410 e. The molecule has 1 amide bonds. The molecule has 0 aliphatic carbocycles. The van der Waals surface area contributed by atoms with Crippen LogP contribution >= 0.6 is 0 Å². The summed E-state index contributed by atoms with van der Waals surface area (Å²) in [6.07, 6.45) is 0.329. The standard InChI is InChI=1S/C12H19NO4/c1-12(2,3)17-11(15)13-6-10(14)8-7-16-5-4-9(8)13/h8-9H,4-7H2,1-3H3. The van der Waals surface area contributed by atoms with E-state index in [4.69, 9.17) is 9.47 Å². The number of fused-ring (bicyclic) bond motifs is 1. The third kappa shape index (κ3) is 2.60. The van der Waals surface area contributed by atoms with Gasteiger partial charge in [0, 0.05) is 12.6 Å². The van der Waals surface area contributed by atoms with Crippen molar-refractivity contribution in [3.8, 4) is 0 Å². The Hall–Kier alpha value is -1.10. The number of ketones is 1. The molecule has 2 saturated heterocycles. The van der Waals surface area contributed by atoms with Gasteiger partial charge in [0.2, 0.25) is 0 Å². The summed E-state index contributed by atoms with van der Waals surface area (Å²) in [5.41, 5.74) is -0.524. The van der Waals surface area contributed by atoms with Crippen LogP contribution in [0.3, 0.4) is 0 Å². The quantitative estimate of drug-likeness (QED) is 0.639. The van der Waals surface area contributed by atoms with Crippen molar-refractivity contribution in [2.75, 3.05) is 19.8 Å². The zero-order valence-corrected chi connectivity index (χ0v) is 10.6. The van der Waals surface area contributed by atoms with E-state index in [9.17, 15) is 9.59 Å². The van der Waals surface area contributed by atoms with Gasteiger partial charge in [-0.1, -0.05) is 0 Å². The molecular weight excluding hydrogens is 222 g/mol. The molecule has 2 aliphatic rings. The Kier molecular flexibility index (Phi) is 3.12. The van der Waals surface area contributed by atoms with E-state index < -0.39 is 5.60 Å². The number of carbonyl (C=O) groups is 2. The van der Waals surface area contributed by atoms with E-state index in [2.05, 4.69) is 0 Å². The van der Waals surface area contributed by atoms with E-state index >= 15 is 0 Å². The maximum atomic E-state index is 12.0. The Morgan fingerprint density at radius 3 is 2.82 bits per heavy atom. The lowest BCUT2D eigenvalue weighted by Gasteiger charge is -2.32. The maximum absolute atomic E-state index is 12.0. The molecule has 17 heavy (non-hydrogen) atoms. The van der Waals surface area contributed by atoms with Crippen molar-refractivity contribution >= 4 is 11.9 Å². The number of hydrogen-bond donors (Lipinski definition) is 0. The number of hydrogen-bond acceptors (Lipinski definition) is 4. The number of rotatable bonds is 0. The largest absolute Gasteiger partial charge is 0.444 e. The summed E-state index contributed by atoms with van der Waals surface area (Å²) in [6.45, 7) is 6.67. The molecule has 0 saturated carbocycles. The second kappa shape index (κ2) is 4.29. The predicted octanol–water partition coefficient (Wildman–Crippen LogP) is 1.21. The van der Waals surface area contributed by atoms with E-state index in [0.717, 1.165) is 6.42 Å². The molecule has 5 heteroatoms. The molecule has 2 fully saturated rings. The van der Waals surface area contributed by atoms with Gasteiger partial charge in [-0.3, -0.25) is 9.69 Å². The summed E-state index contributed by atoms with van der Waals surface area (Å²) in [4.78, 5) is 25.3. The average Bonchev–Trinajstić information content (AvgIpc) is 2.55. The van der Waals surface area contributed by atoms with Gasteiger partial charge in [0.1, 0.15) is 5.60 Å². The van der Waals surface area contributed by atoms with E-state index in [1.807, 2.05) is 20.8 Å². The van der Waals surface area contributed by atoms with Gasteiger partial charge >= 0.3 is 6.09 Å². The van der Waals surface area contributed by atoms with Gasteiger partial charge < -0.3 is 9.47 Å².